The van der Waals surface area contributed by atoms with Crippen LogP contribution < -0.4 is 11.1 Å². The largest absolute Gasteiger partial charge is 0.325 e. The Morgan fingerprint density at radius 3 is 2.35 bits per heavy atom. The molecule has 0 aliphatic heterocycles. The zero-order valence-corrected chi connectivity index (χ0v) is 10.9. The maximum absolute atomic E-state index is 11.8. The van der Waals surface area contributed by atoms with Gasteiger partial charge in [-0.25, -0.2) is 0 Å². The maximum atomic E-state index is 11.8. The van der Waals surface area contributed by atoms with Gasteiger partial charge in [0.2, 0.25) is 5.91 Å². The molecule has 1 aromatic rings. The molecule has 1 amide bonds. The Morgan fingerprint density at radius 1 is 1.29 bits per heavy atom. The fraction of sp³-hybridized carbons (Fsp3) is 0.500. The molecule has 0 aliphatic carbocycles. The summed E-state index contributed by atoms with van der Waals surface area (Å²) in [6.07, 6.45) is 1.71. The molecule has 0 aromatic heterocycles. The second-order valence-corrected chi connectivity index (χ2v) is 4.78. The van der Waals surface area contributed by atoms with Gasteiger partial charge in [-0.2, -0.15) is 0 Å². The van der Waals surface area contributed by atoms with Crippen LogP contribution in [0.5, 0.6) is 0 Å². The van der Waals surface area contributed by atoms with Crippen molar-refractivity contribution in [1.29, 1.82) is 0 Å². The molecule has 3 nitrogen and oxygen atoms in total. The van der Waals surface area contributed by atoms with Gasteiger partial charge < -0.3 is 11.1 Å². The lowest BCUT2D eigenvalue weighted by Crippen LogP contribution is -2.36. The van der Waals surface area contributed by atoms with Gasteiger partial charge in [-0.15, -0.1) is 0 Å². The van der Waals surface area contributed by atoms with Crippen molar-refractivity contribution in [3.8, 4) is 0 Å². The average Bonchev–Trinajstić information content (AvgIpc) is 2.29. The number of rotatable bonds is 5. The topological polar surface area (TPSA) is 55.1 Å². The highest BCUT2D eigenvalue weighted by molar-refractivity contribution is 5.94. The minimum Gasteiger partial charge on any atom is -0.325 e. The molecule has 3 heteroatoms. The molecule has 0 fully saturated rings. The quantitative estimate of drug-likeness (QED) is 0.822. The number of hydrogen-bond donors (Lipinski definition) is 2. The molecule has 0 spiro atoms. The first-order valence-corrected chi connectivity index (χ1v) is 6.18. The zero-order valence-electron chi connectivity index (χ0n) is 10.9. The van der Waals surface area contributed by atoms with E-state index in [1.165, 1.54) is 5.56 Å². The van der Waals surface area contributed by atoms with Crippen LogP contribution in [0.15, 0.2) is 24.3 Å². The lowest BCUT2D eigenvalue weighted by Gasteiger charge is -2.14. The zero-order chi connectivity index (χ0) is 12.8. The normalized spacial score (nSPS) is 12.5. The Kier molecular flexibility index (Phi) is 5.16. The molecule has 0 saturated heterocycles. The molecule has 0 bridgehead atoms. The van der Waals surface area contributed by atoms with E-state index in [1.807, 2.05) is 24.3 Å². The Labute approximate surface area is 103 Å². The van der Waals surface area contributed by atoms with E-state index >= 15 is 0 Å². The van der Waals surface area contributed by atoms with E-state index in [4.69, 9.17) is 5.73 Å². The van der Waals surface area contributed by atoms with Gasteiger partial charge in [0.15, 0.2) is 0 Å². The SMILES string of the molecule is CCc1ccc(NC(=O)[C@@H](N)CC(C)C)cc1. The van der Waals surface area contributed by atoms with Gasteiger partial charge in [0.1, 0.15) is 0 Å². The number of nitrogens with one attached hydrogen (secondary N) is 1. The van der Waals surface area contributed by atoms with E-state index in [0.717, 1.165) is 12.1 Å². The third kappa shape index (κ3) is 4.57. The first kappa shape index (κ1) is 13.7. The molecule has 0 saturated carbocycles. The van der Waals surface area contributed by atoms with Crippen LogP contribution in [-0.2, 0) is 11.2 Å². The summed E-state index contributed by atoms with van der Waals surface area (Å²) in [5.41, 5.74) is 7.88. The minimum atomic E-state index is -0.430. The second-order valence-electron chi connectivity index (χ2n) is 4.78. The Bertz CT molecular complexity index is 357. The number of carbonyl (C=O) groups excluding carboxylic acids is 1. The molecule has 0 aliphatic rings. The number of benzene rings is 1. The number of aryl methyl sites for hydroxylation is 1. The fourth-order valence-corrected chi connectivity index (χ4v) is 1.67. The van der Waals surface area contributed by atoms with E-state index < -0.39 is 6.04 Å². The Morgan fingerprint density at radius 2 is 1.88 bits per heavy atom. The van der Waals surface area contributed by atoms with Crippen LogP contribution in [-0.4, -0.2) is 11.9 Å². The van der Waals surface area contributed by atoms with Crippen molar-refractivity contribution >= 4 is 11.6 Å². The lowest BCUT2D eigenvalue weighted by molar-refractivity contribution is -0.117. The van der Waals surface area contributed by atoms with E-state index in [1.54, 1.807) is 0 Å². The second kappa shape index (κ2) is 6.40. The summed E-state index contributed by atoms with van der Waals surface area (Å²) >= 11 is 0. The third-order valence-corrected chi connectivity index (χ3v) is 2.69. The fourth-order valence-electron chi connectivity index (χ4n) is 1.67. The van der Waals surface area contributed by atoms with Gasteiger partial charge >= 0.3 is 0 Å². The summed E-state index contributed by atoms with van der Waals surface area (Å²) in [5, 5.41) is 2.83. The van der Waals surface area contributed by atoms with Crippen molar-refractivity contribution in [2.75, 3.05) is 5.32 Å². The first-order chi connectivity index (χ1) is 8.02. The van der Waals surface area contributed by atoms with Crippen LogP contribution in [0.4, 0.5) is 5.69 Å². The van der Waals surface area contributed by atoms with E-state index in [-0.39, 0.29) is 5.91 Å². The molecule has 0 heterocycles. The van der Waals surface area contributed by atoms with Crippen LogP contribution in [0.3, 0.4) is 0 Å². The highest BCUT2D eigenvalue weighted by Gasteiger charge is 2.14. The van der Waals surface area contributed by atoms with E-state index in [0.29, 0.717) is 12.3 Å². The summed E-state index contributed by atoms with van der Waals surface area (Å²) in [7, 11) is 0. The van der Waals surface area contributed by atoms with Crippen molar-refractivity contribution in [2.45, 2.75) is 39.7 Å². The van der Waals surface area contributed by atoms with Gasteiger partial charge in [0.25, 0.3) is 0 Å². The van der Waals surface area contributed by atoms with Crippen molar-refractivity contribution in [1.82, 2.24) is 0 Å². The van der Waals surface area contributed by atoms with E-state index in [2.05, 4.69) is 26.1 Å². The molecule has 1 aromatic carbocycles. The summed E-state index contributed by atoms with van der Waals surface area (Å²) in [5.74, 6) is 0.321. The van der Waals surface area contributed by atoms with Crippen LogP contribution >= 0.6 is 0 Å². The number of nitrogens with two attached hydrogens (primary N) is 1. The predicted molar refractivity (Wildman–Crippen MR) is 71.9 cm³/mol. The number of carbonyl (C=O) groups is 1. The first-order valence-electron chi connectivity index (χ1n) is 6.18. The van der Waals surface area contributed by atoms with Gasteiger partial charge in [-0.3, -0.25) is 4.79 Å². The monoisotopic (exact) mass is 234 g/mol. The molecule has 17 heavy (non-hydrogen) atoms. The van der Waals surface area contributed by atoms with Crippen LogP contribution in [0.2, 0.25) is 0 Å². The lowest BCUT2D eigenvalue weighted by atomic mass is 10.0. The summed E-state index contributed by atoms with van der Waals surface area (Å²) in [4.78, 5) is 11.8. The molecule has 0 unspecified atom stereocenters. The standard InChI is InChI=1S/C14H22N2O/c1-4-11-5-7-12(8-6-11)16-14(17)13(15)9-10(2)3/h5-8,10,13H,4,9,15H2,1-3H3,(H,16,17)/t13-/m0/s1. The van der Waals surface area contributed by atoms with Crippen LogP contribution in [0, 0.1) is 5.92 Å². The van der Waals surface area contributed by atoms with Gasteiger partial charge in [-0.05, 0) is 36.5 Å². The Hall–Kier alpha value is -1.35. The van der Waals surface area contributed by atoms with Crippen LogP contribution in [0.25, 0.3) is 0 Å². The maximum Gasteiger partial charge on any atom is 0.241 e. The summed E-state index contributed by atoms with van der Waals surface area (Å²) in [6, 6.07) is 7.44. The molecule has 1 atom stereocenters. The van der Waals surface area contributed by atoms with E-state index in [9.17, 15) is 4.79 Å². The van der Waals surface area contributed by atoms with Crippen molar-refractivity contribution < 1.29 is 4.79 Å². The Balaban J connectivity index is 2.55. The van der Waals surface area contributed by atoms with Gasteiger partial charge in [0.05, 0.1) is 6.04 Å². The van der Waals surface area contributed by atoms with Crippen molar-refractivity contribution in [2.24, 2.45) is 11.7 Å². The molecular formula is C14H22N2O. The number of hydrogen-bond acceptors (Lipinski definition) is 2. The number of anilines is 1. The highest BCUT2D eigenvalue weighted by Crippen LogP contribution is 2.11. The number of amides is 1. The predicted octanol–water partition coefficient (Wildman–Crippen LogP) is 2.56. The van der Waals surface area contributed by atoms with Crippen molar-refractivity contribution in [3.63, 3.8) is 0 Å². The highest BCUT2D eigenvalue weighted by atomic mass is 16.2. The van der Waals surface area contributed by atoms with Gasteiger partial charge in [0, 0.05) is 5.69 Å². The summed E-state index contributed by atoms with van der Waals surface area (Å²) < 4.78 is 0. The van der Waals surface area contributed by atoms with Crippen molar-refractivity contribution in [3.05, 3.63) is 29.8 Å². The molecule has 0 radical (unpaired) electrons. The van der Waals surface area contributed by atoms with Gasteiger partial charge in [-0.1, -0.05) is 32.9 Å². The average molecular weight is 234 g/mol. The molecule has 94 valence electrons. The van der Waals surface area contributed by atoms with Crippen LogP contribution in [0.1, 0.15) is 32.8 Å². The molecule has 1 rings (SSSR count). The minimum absolute atomic E-state index is 0.108. The third-order valence-electron chi connectivity index (χ3n) is 2.69. The summed E-state index contributed by atoms with van der Waals surface area (Å²) in [6.45, 7) is 6.22. The smallest absolute Gasteiger partial charge is 0.241 e. The molecule has 3 N–H and O–H groups in total. The molecular weight excluding hydrogens is 212 g/mol.